The number of hydrogen-bond donors (Lipinski definition) is 1. The van der Waals surface area contributed by atoms with Gasteiger partial charge in [-0.3, -0.25) is 4.79 Å². The summed E-state index contributed by atoms with van der Waals surface area (Å²) < 4.78 is 42.2. The lowest BCUT2D eigenvalue weighted by atomic mass is 10.3. The van der Waals surface area contributed by atoms with Gasteiger partial charge in [-0.2, -0.15) is 0 Å². The highest BCUT2D eigenvalue weighted by molar-refractivity contribution is 9.13. The second kappa shape index (κ2) is 6.37. The van der Waals surface area contributed by atoms with E-state index >= 15 is 0 Å². The van der Waals surface area contributed by atoms with E-state index in [2.05, 4.69) is 41.9 Å². The summed E-state index contributed by atoms with van der Waals surface area (Å²) in [4.78, 5) is 12.4. The molecule has 0 bridgehead atoms. The van der Waals surface area contributed by atoms with Gasteiger partial charge >= 0.3 is 6.36 Å². The molecule has 0 aliphatic rings. The maximum absolute atomic E-state index is 12.3. The van der Waals surface area contributed by atoms with Crippen LogP contribution < -0.4 is 10.1 Å². The molecule has 1 aromatic carbocycles. The summed E-state index contributed by atoms with van der Waals surface area (Å²) in [5.74, 6) is -0.988. The zero-order chi connectivity index (χ0) is 15.6. The van der Waals surface area contributed by atoms with Crippen LogP contribution in [0.4, 0.5) is 18.9 Å². The van der Waals surface area contributed by atoms with Gasteiger partial charge in [0, 0.05) is 4.47 Å². The maximum Gasteiger partial charge on any atom is 0.573 e. The van der Waals surface area contributed by atoms with Crippen molar-refractivity contribution in [1.29, 1.82) is 0 Å². The van der Waals surface area contributed by atoms with Gasteiger partial charge in [0.15, 0.2) is 5.75 Å². The second-order valence-corrected chi connectivity index (χ2v) is 6.95. The molecule has 0 unspecified atom stereocenters. The number of ether oxygens (including phenoxy) is 1. The van der Waals surface area contributed by atoms with Crippen LogP contribution in [0, 0.1) is 0 Å². The van der Waals surface area contributed by atoms with Crippen LogP contribution in [0.1, 0.15) is 9.67 Å². The molecule has 112 valence electrons. The molecule has 0 aliphatic heterocycles. The van der Waals surface area contributed by atoms with Crippen LogP contribution in [0.3, 0.4) is 0 Å². The maximum atomic E-state index is 12.3. The monoisotopic (exact) mass is 443 g/mol. The molecule has 0 radical (unpaired) electrons. The Labute approximate surface area is 138 Å². The average molecular weight is 445 g/mol. The van der Waals surface area contributed by atoms with Crippen molar-refractivity contribution in [3.05, 3.63) is 43.5 Å². The fourth-order valence-electron chi connectivity index (χ4n) is 1.43. The van der Waals surface area contributed by atoms with Gasteiger partial charge in [-0.15, -0.1) is 24.5 Å². The van der Waals surface area contributed by atoms with Crippen molar-refractivity contribution in [2.75, 3.05) is 5.32 Å². The SMILES string of the molecule is O=C(Nc1ccccc1OC(F)(F)F)c1cc(Br)c(Br)s1. The number of hydrogen-bond acceptors (Lipinski definition) is 3. The van der Waals surface area contributed by atoms with Gasteiger partial charge in [0.25, 0.3) is 5.91 Å². The number of para-hydroxylation sites is 2. The first-order valence-corrected chi connectivity index (χ1v) is 7.77. The molecule has 0 spiro atoms. The molecular formula is C12H6Br2F3NO2S. The Bertz CT molecular complexity index is 653. The zero-order valence-corrected chi connectivity index (χ0v) is 14.0. The molecule has 1 aromatic heterocycles. The molecule has 1 heterocycles. The van der Waals surface area contributed by atoms with Crippen LogP contribution in [0.2, 0.25) is 0 Å². The molecule has 3 nitrogen and oxygen atoms in total. The number of anilines is 1. The van der Waals surface area contributed by atoms with E-state index in [1.165, 1.54) is 18.2 Å². The van der Waals surface area contributed by atoms with Crippen molar-refractivity contribution in [2.24, 2.45) is 0 Å². The molecule has 0 saturated heterocycles. The second-order valence-electron chi connectivity index (χ2n) is 3.73. The van der Waals surface area contributed by atoms with Crippen molar-refractivity contribution in [1.82, 2.24) is 0 Å². The number of benzene rings is 1. The summed E-state index contributed by atoms with van der Waals surface area (Å²) in [7, 11) is 0. The van der Waals surface area contributed by atoms with Gasteiger partial charge in [-0.25, -0.2) is 0 Å². The minimum Gasteiger partial charge on any atom is -0.404 e. The number of thiophene rings is 1. The number of carbonyl (C=O) groups is 1. The first-order chi connectivity index (χ1) is 9.76. The highest BCUT2D eigenvalue weighted by Gasteiger charge is 2.32. The molecule has 0 saturated carbocycles. The van der Waals surface area contributed by atoms with Gasteiger partial charge in [0.05, 0.1) is 14.4 Å². The summed E-state index contributed by atoms with van der Waals surface area (Å²) in [5, 5.41) is 2.39. The topological polar surface area (TPSA) is 38.3 Å². The molecule has 0 fully saturated rings. The van der Waals surface area contributed by atoms with Crippen molar-refractivity contribution < 1.29 is 22.7 Å². The highest BCUT2D eigenvalue weighted by Crippen LogP contribution is 2.34. The largest absolute Gasteiger partial charge is 0.573 e. The summed E-state index contributed by atoms with van der Waals surface area (Å²) in [6.07, 6.45) is -4.82. The van der Waals surface area contributed by atoms with Gasteiger partial charge < -0.3 is 10.1 Å². The first kappa shape index (κ1) is 16.3. The Morgan fingerprint density at radius 3 is 2.48 bits per heavy atom. The summed E-state index contributed by atoms with van der Waals surface area (Å²) in [6.45, 7) is 0. The fourth-order valence-corrected chi connectivity index (χ4v) is 3.36. The van der Waals surface area contributed by atoms with Crippen LogP contribution in [-0.4, -0.2) is 12.3 Å². The lowest BCUT2D eigenvalue weighted by Gasteiger charge is -2.13. The zero-order valence-electron chi connectivity index (χ0n) is 10.0. The minimum absolute atomic E-state index is 0.0551. The molecule has 2 aromatic rings. The minimum atomic E-state index is -4.82. The summed E-state index contributed by atoms with van der Waals surface area (Å²) in [6, 6.07) is 6.91. The molecule has 9 heteroatoms. The number of halogens is 5. The number of amides is 1. The fraction of sp³-hybridized carbons (Fsp3) is 0.0833. The average Bonchev–Trinajstić information content (AvgIpc) is 2.70. The van der Waals surface area contributed by atoms with Crippen LogP contribution in [-0.2, 0) is 0 Å². The Morgan fingerprint density at radius 2 is 1.90 bits per heavy atom. The lowest BCUT2D eigenvalue weighted by Crippen LogP contribution is -2.19. The highest BCUT2D eigenvalue weighted by atomic mass is 79.9. The molecule has 0 aliphatic carbocycles. The predicted molar refractivity (Wildman–Crippen MR) is 80.8 cm³/mol. The molecule has 2 rings (SSSR count). The van der Waals surface area contributed by atoms with Crippen molar-refractivity contribution in [3.8, 4) is 5.75 Å². The number of alkyl halides is 3. The van der Waals surface area contributed by atoms with Crippen LogP contribution >= 0.6 is 43.2 Å². The molecule has 1 amide bonds. The van der Waals surface area contributed by atoms with Crippen LogP contribution in [0.15, 0.2) is 38.6 Å². The third-order valence-corrected chi connectivity index (χ3v) is 5.48. The Kier molecular flexibility index (Phi) is 4.95. The number of carbonyl (C=O) groups excluding carboxylic acids is 1. The van der Waals surface area contributed by atoms with Crippen molar-refractivity contribution in [2.45, 2.75) is 6.36 Å². The van der Waals surface area contributed by atoms with Crippen LogP contribution in [0.5, 0.6) is 5.75 Å². The first-order valence-electron chi connectivity index (χ1n) is 5.37. The van der Waals surface area contributed by atoms with E-state index in [-0.39, 0.29) is 5.69 Å². The quantitative estimate of drug-likeness (QED) is 0.685. The van der Waals surface area contributed by atoms with E-state index in [4.69, 9.17) is 0 Å². The van der Waals surface area contributed by atoms with Crippen LogP contribution in [0.25, 0.3) is 0 Å². The lowest BCUT2D eigenvalue weighted by molar-refractivity contribution is -0.274. The van der Waals surface area contributed by atoms with E-state index < -0.39 is 18.0 Å². The molecule has 0 atom stereocenters. The van der Waals surface area contributed by atoms with E-state index in [1.54, 1.807) is 6.07 Å². The van der Waals surface area contributed by atoms with Gasteiger partial charge in [0.1, 0.15) is 0 Å². The van der Waals surface area contributed by atoms with Gasteiger partial charge in [-0.1, -0.05) is 12.1 Å². The third-order valence-electron chi connectivity index (χ3n) is 2.23. The molecular weight excluding hydrogens is 439 g/mol. The number of rotatable bonds is 3. The number of nitrogens with one attached hydrogen (secondary N) is 1. The van der Waals surface area contributed by atoms with Crippen molar-refractivity contribution >= 4 is 54.8 Å². The summed E-state index contributed by atoms with van der Waals surface area (Å²) >= 11 is 7.63. The molecule has 21 heavy (non-hydrogen) atoms. The van der Waals surface area contributed by atoms with E-state index in [0.717, 1.165) is 17.4 Å². The third kappa shape index (κ3) is 4.45. The standard InChI is InChI=1S/C12H6Br2F3NO2S/c13-6-5-9(21-10(6)14)11(19)18-7-3-1-2-4-8(7)20-12(15,16)17/h1-5H,(H,18,19). The van der Waals surface area contributed by atoms with Gasteiger partial charge in [0.2, 0.25) is 0 Å². The Balaban J connectivity index is 2.21. The molecule has 1 N–H and O–H groups in total. The predicted octanol–water partition coefficient (Wildman–Crippen LogP) is 5.42. The smallest absolute Gasteiger partial charge is 0.404 e. The van der Waals surface area contributed by atoms with E-state index in [1.807, 2.05) is 0 Å². The Morgan fingerprint density at radius 1 is 1.24 bits per heavy atom. The van der Waals surface area contributed by atoms with E-state index in [9.17, 15) is 18.0 Å². The summed E-state index contributed by atoms with van der Waals surface area (Å²) in [5.41, 5.74) is -0.0551. The van der Waals surface area contributed by atoms with Gasteiger partial charge in [-0.05, 0) is 50.1 Å². The normalized spacial score (nSPS) is 11.3. The van der Waals surface area contributed by atoms with Crippen molar-refractivity contribution in [3.63, 3.8) is 0 Å². The Hall–Kier alpha value is -1.06. The van der Waals surface area contributed by atoms with E-state index in [0.29, 0.717) is 13.1 Å².